The van der Waals surface area contributed by atoms with E-state index in [1.807, 2.05) is 0 Å². The molecule has 10 unspecified atom stereocenters. The standard InChI is InChI=1S/C24H26O15/c25-11(5-23-1-7(9(3-23)17(27)28)13(19(31)32)15(23)21(35)36)39-12(26)6-24-2-8(10(4-24)18(29)30)14(20(33)34)16(24)22(37)38/h7-10,13-16H,1-6H2,(H,27,28)(H,29,30)(H,31,32)(H,33,34)(H,35,36)(H,37,38). The zero-order valence-electron chi connectivity index (χ0n) is 20.2. The summed E-state index contributed by atoms with van der Waals surface area (Å²) in [6.07, 6.45) is -2.65. The largest absolute Gasteiger partial charge is 0.481 e. The molecule has 0 radical (unpaired) electrons. The Morgan fingerprint density at radius 1 is 0.513 bits per heavy atom. The summed E-state index contributed by atoms with van der Waals surface area (Å²) < 4.78 is 4.85. The monoisotopic (exact) mass is 554 g/mol. The number of carboxylic acid groups (broad SMARTS) is 6. The Morgan fingerprint density at radius 3 is 1.10 bits per heavy atom. The molecule has 0 spiro atoms. The molecule has 212 valence electrons. The Bertz CT molecular complexity index is 1100. The van der Waals surface area contributed by atoms with Crippen molar-refractivity contribution in [2.75, 3.05) is 0 Å². The van der Waals surface area contributed by atoms with Gasteiger partial charge in [-0.05, 0) is 48.3 Å². The van der Waals surface area contributed by atoms with E-state index in [2.05, 4.69) is 0 Å². The maximum Gasteiger partial charge on any atom is 0.314 e. The highest BCUT2D eigenvalue weighted by Gasteiger charge is 2.70. The molecule has 0 aliphatic heterocycles. The highest BCUT2D eigenvalue weighted by atomic mass is 16.6. The van der Waals surface area contributed by atoms with Crippen LogP contribution >= 0.6 is 0 Å². The van der Waals surface area contributed by atoms with Crippen LogP contribution in [0.1, 0.15) is 38.5 Å². The molecule has 0 aromatic carbocycles. The van der Waals surface area contributed by atoms with Gasteiger partial charge in [0.2, 0.25) is 0 Å². The van der Waals surface area contributed by atoms with Crippen LogP contribution in [0.2, 0.25) is 0 Å². The Morgan fingerprint density at radius 2 is 0.846 bits per heavy atom. The van der Waals surface area contributed by atoms with Crippen molar-refractivity contribution in [3.8, 4) is 0 Å². The highest BCUT2D eigenvalue weighted by Crippen LogP contribution is 2.66. The average Bonchev–Trinajstić information content (AvgIpc) is 3.51. The maximum atomic E-state index is 12.8. The van der Waals surface area contributed by atoms with E-state index in [0.29, 0.717) is 0 Å². The lowest BCUT2D eigenvalue weighted by atomic mass is 9.65. The predicted octanol–water partition coefficient (Wildman–Crippen LogP) is -0.139. The van der Waals surface area contributed by atoms with Crippen molar-refractivity contribution in [2.24, 2.45) is 58.2 Å². The number of carbonyl (C=O) groups is 8. The van der Waals surface area contributed by atoms with Crippen molar-refractivity contribution < 1.29 is 73.7 Å². The summed E-state index contributed by atoms with van der Waals surface area (Å²) in [7, 11) is 0. The SMILES string of the molecule is O=C(CC12CC(C(=O)O)C(C1)C(C(=O)O)C2C(=O)O)OC(=O)CC12CC(C(=O)O)C(C1)C(C(=O)O)C2C(=O)O. The van der Waals surface area contributed by atoms with Gasteiger partial charge in [0.25, 0.3) is 0 Å². The lowest BCUT2D eigenvalue weighted by Crippen LogP contribution is -2.46. The summed E-state index contributed by atoms with van der Waals surface area (Å²) in [5.41, 5.74) is -3.23. The summed E-state index contributed by atoms with van der Waals surface area (Å²) in [4.78, 5) is 96.7. The molecule has 4 saturated carbocycles. The molecule has 4 fully saturated rings. The van der Waals surface area contributed by atoms with Gasteiger partial charge < -0.3 is 35.4 Å². The molecule has 0 saturated heterocycles. The zero-order valence-corrected chi connectivity index (χ0v) is 20.2. The van der Waals surface area contributed by atoms with E-state index >= 15 is 0 Å². The molecular weight excluding hydrogens is 528 g/mol. The van der Waals surface area contributed by atoms with Crippen LogP contribution in [-0.2, 0) is 43.1 Å². The summed E-state index contributed by atoms with van der Waals surface area (Å²) in [5.74, 6) is -22.4. The van der Waals surface area contributed by atoms with E-state index in [1.54, 1.807) is 0 Å². The highest BCUT2D eigenvalue weighted by molar-refractivity contribution is 5.90. The van der Waals surface area contributed by atoms with E-state index in [4.69, 9.17) is 4.74 Å². The van der Waals surface area contributed by atoms with Crippen molar-refractivity contribution in [3.05, 3.63) is 0 Å². The van der Waals surface area contributed by atoms with Gasteiger partial charge in [-0.1, -0.05) is 0 Å². The van der Waals surface area contributed by atoms with E-state index in [1.165, 1.54) is 0 Å². The lowest BCUT2D eigenvalue weighted by molar-refractivity contribution is -0.172. The molecule has 0 heterocycles. The van der Waals surface area contributed by atoms with Gasteiger partial charge in [-0.15, -0.1) is 0 Å². The zero-order chi connectivity index (χ0) is 29.2. The molecule has 4 rings (SSSR count). The number of carboxylic acids is 6. The smallest absolute Gasteiger partial charge is 0.314 e. The summed E-state index contributed by atoms with van der Waals surface area (Å²) >= 11 is 0. The first-order valence-electron chi connectivity index (χ1n) is 12.2. The Balaban J connectivity index is 1.54. The minimum absolute atomic E-state index is 0.214. The molecule has 0 aromatic rings. The van der Waals surface area contributed by atoms with Gasteiger partial charge in [0.1, 0.15) is 0 Å². The van der Waals surface area contributed by atoms with E-state index < -0.39 is 119 Å². The molecule has 10 atom stereocenters. The van der Waals surface area contributed by atoms with Crippen LogP contribution in [0.5, 0.6) is 0 Å². The van der Waals surface area contributed by atoms with Gasteiger partial charge in [-0.25, -0.2) is 0 Å². The predicted molar refractivity (Wildman–Crippen MR) is 117 cm³/mol. The van der Waals surface area contributed by atoms with Crippen LogP contribution < -0.4 is 0 Å². The second kappa shape index (κ2) is 9.31. The molecule has 15 heteroatoms. The molecule has 4 aliphatic rings. The molecule has 4 aliphatic carbocycles. The number of rotatable bonds is 10. The molecule has 0 aromatic heterocycles. The minimum Gasteiger partial charge on any atom is -0.481 e. The van der Waals surface area contributed by atoms with Crippen molar-refractivity contribution in [1.29, 1.82) is 0 Å². The van der Waals surface area contributed by atoms with Crippen molar-refractivity contribution >= 4 is 47.8 Å². The number of hydrogen-bond donors (Lipinski definition) is 6. The van der Waals surface area contributed by atoms with Gasteiger partial charge in [0.15, 0.2) is 0 Å². The molecule has 0 amide bonds. The number of aliphatic carboxylic acids is 6. The summed E-state index contributed by atoms with van der Waals surface area (Å²) in [6.45, 7) is 0. The van der Waals surface area contributed by atoms with Crippen LogP contribution in [0.25, 0.3) is 0 Å². The number of fused-ring (bicyclic) bond motifs is 4. The minimum atomic E-state index is -1.62. The first-order chi connectivity index (χ1) is 18.0. The van der Waals surface area contributed by atoms with E-state index in [9.17, 15) is 69.0 Å². The first kappa shape index (κ1) is 28.0. The third kappa shape index (κ3) is 4.29. The number of esters is 2. The van der Waals surface area contributed by atoms with Gasteiger partial charge in [-0.2, -0.15) is 0 Å². The van der Waals surface area contributed by atoms with Crippen molar-refractivity contribution in [2.45, 2.75) is 38.5 Å². The summed E-state index contributed by atoms with van der Waals surface area (Å²) in [5, 5.41) is 57.7. The molecule has 15 nitrogen and oxygen atoms in total. The number of ether oxygens (including phenoxy) is 1. The van der Waals surface area contributed by atoms with Gasteiger partial charge in [0.05, 0.1) is 48.3 Å². The third-order valence-corrected chi connectivity index (χ3v) is 9.49. The van der Waals surface area contributed by atoms with Gasteiger partial charge in [-0.3, -0.25) is 38.4 Å². The molecule has 39 heavy (non-hydrogen) atoms. The fourth-order valence-corrected chi connectivity index (χ4v) is 8.39. The Hall–Kier alpha value is -4.04. The number of carbonyl (C=O) groups excluding carboxylic acids is 2. The van der Waals surface area contributed by atoms with Crippen LogP contribution in [0.4, 0.5) is 0 Å². The third-order valence-electron chi connectivity index (χ3n) is 9.49. The van der Waals surface area contributed by atoms with E-state index in [0.717, 1.165) is 0 Å². The first-order valence-corrected chi connectivity index (χ1v) is 12.2. The summed E-state index contributed by atoms with van der Waals surface area (Å²) in [6, 6.07) is 0. The van der Waals surface area contributed by atoms with Gasteiger partial charge in [0, 0.05) is 0 Å². The Kier molecular flexibility index (Phi) is 6.68. The van der Waals surface area contributed by atoms with E-state index in [-0.39, 0.29) is 25.7 Å². The Labute approximate surface area is 218 Å². The fourth-order valence-electron chi connectivity index (χ4n) is 8.39. The van der Waals surface area contributed by atoms with Crippen molar-refractivity contribution in [3.63, 3.8) is 0 Å². The van der Waals surface area contributed by atoms with Gasteiger partial charge >= 0.3 is 47.8 Å². The second-order valence-corrected chi connectivity index (χ2v) is 11.3. The number of hydrogen-bond acceptors (Lipinski definition) is 9. The molecule has 4 bridgehead atoms. The van der Waals surface area contributed by atoms with Crippen molar-refractivity contribution in [1.82, 2.24) is 0 Å². The van der Waals surface area contributed by atoms with Crippen LogP contribution in [0.3, 0.4) is 0 Å². The van der Waals surface area contributed by atoms with Crippen LogP contribution in [0.15, 0.2) is 0 Å². The normalized spacial score (nSPS) is 39.7. The molecule has 6 N–H and O–H groups in total. The quantitative estimate of drug-likeness (QED) is 0.151. The van der Waals surface area contributed by atoms with Crippen LogP contribution in [-0.4, -0.2) is 78.4 Å². The lowest BCUT2D eigenvalue weighted by Gasteiger charge is -2.37. The fraction of sp³-hybridized carbons (Fsp3) is 0.667. The van der Waals surface area contributed by atoms with Crippen LogP contribution in [0, 0.1) is 58.2 Å². The molecular formula is C24H26O15. The average molecular weight is 554 g/mol. The maximum absolute atomic E-state index is 12.8. The topological polar surface area (TPSA) is 267 Å². The second-order valence-electron chi connectivity index (χ2n) is 11.3.